The molecule has 0 aliphatic heterocycles. The Hall–Kier alpha value is 0.330. The van der Waals surface area contributed by atoms with Crippen molar-refractivity contribution >= 4 is 49.0 Å². The number of carbonyl (C=O) groups is 1. The Bertz CT molecular complexity index is 380. The molecule has 0 radical (unpaired) electrons. The minimum Gasteiger partial charge on any atom is -0.294 e. The molecular weight excluding hydrogens is 352 g/mol. The summed E-state index contributed by atoms with van der Waals surface area (Å²) in [7, 11) is 0. The van der Waals surface area contributed by atoms with E-state index in [9.17, 15) is 4.79 Å². The lowest BCUT2D eigenvalue weighted by Crippen LogP contribution is -2.02. The molecule has 1 aliphatic rings. The third kappa shape index (κ3) is 3.17. The minimum absolute atomic E-state index is 0.278. The molecule has 1 aromatic heterocycles. The Balaban J connectivity index is 1.90. The van der Waals surface area contributed by atoms with E-state index in [1.54, 1.807) is 11.3 Å². The van der Waals surface area contributed by atoms with Gasteiger partial charge in [0.25, 0.3) is 0 Å². The quantitative estimate of drug-likeness (QED) is 0.650. The van der Waals surface area contributed by atoms with Crippen LogP contribution in [0.3, 0.4) is 0 Å². The van der Waals surface area contributed by atoms with Gasteiger partial charge in [-0.2, -0.15) is 0 Å². The number of ketones is 1. The number of thiophene rings is 1. The van der Waals surface area contributed by atoms with Crippen molar-refractivity contribution in [3.05, 3.63) is 19.2 Å². The van der Waals surface area contributed by atoms with Crippen LogP contribution in [-0.4, -0.2) is 5.78 Å². The molecule has 0 saturated heterocycles. The van der Waals surface area contributed by atoms with E-state index in [2.05, 4.69) is 31.9 Å². The van der Waals surface area contributed by atoms with Gasteiger partial charge < -0.3 is 0 Å². The first-order chi connectivity index (χ1) is 7.66. The molecule has 0 unspecified atom stereocenters. The molecule has 0 aromatic carbocycles. The van der Waals surface area contributed by atoms with Gasteiger partial charge in [0.15, 0.2) is 5.78 Å². The Morgan fingerprint density at radius 2 is 2.06 bits per heavy atom. The molecule has 1 nitrogen and oxygen atoms in total. The maximum absolute atomic E-state index is 12.0. The van der Waals surface area contributed by atoms with Crippen LogP contribution in [0.25, 0.3) is 0 Å². The van der Waals surface area contributed by atoms with Crippen molar-refractivity contribution in [1.29, 1.82) is 0 Å². The molecule has 4 heteroatoms. The van der Waals surface area contributed by atoms with Crippen LogP contribution in [0.1, 0.15) is 48.9 Å². The maximum atomic E-state index is 12.0. The van der Waals surface area contributed by atoms with Crippen molar-refractivity contribution in [2.24, 2.45) is 5.92 Å². The second-order valence-corrected chi connectivity index (χ2v) is 8.10. The molecule has 16 heavy (non-hydrogen) atoms. The first kappa shape index (κ1) is 12.8. The molecule has 1 heterocycles. The first-order valence-corrected chi connectivity index (χ1v) is 8.05. The molecule has 0 bridgehead atoms. The predicted molar refractivity (Wildman–Crippen MR) is 75.2 cm³/mol. The fourth-order valence-electron chi connectivity index (χ4n) is 2.30. The standard InChI is InChI=1S/C12H14Br2OS/c13-11-7-9(12(14)16-11)10(15)6-5-8-3-1-2-4-8/h7-8H,1-6H2. The van der Waals surface area contributed by atoms with Gasteiger partial charge in [0, 0.05) is 12.0 Å². The second-order valence-electron chi connectivity index (χ2n) is 4.35. The number of rotatable bonds is 4. The summed E-state index contributed by atoms with van der Waals surface area (Å²) in [6.07, 6.45) is 7.12. The van der Waals surface area contributed by atoms with E-state index < -0.39 is 0 Å². The maximum Gasteiger partial charge on any atom is 0.164 e. The topological polar surface area (TPSA) is 17.1 Å². The second kappa shape index (κ2) is 5.78. The van der Waals surface area contributed by atoms with Gasteiger partial charge >= 0.3 is 0 Å². The summed E-state index contributed by atoms with van der Waals surface area (Å²) >= 11 is 8.41. The molecular formula is C12H14Br2OS. The lowest BCUT2D eigenvalue weighted by molar-refractivity contribution is 0.0973. The van der Waals surface area contributed by atoms with Crippen molar-refractivity contribution in [2.75, 3.05) is 0 Å². The van der Waals surface area contributed by atoms with E-state index in [1.807, 2.05) is 6.07 Å². The lowest BCUT2D eigenvalue weighted by atomic mass is 9.98. The summed E-state index contributed by atoms with van der Waals surface area (Å²) in [5, 5.41) is 0. The van der Waals surface area contributed by atoms with Crippen LogP contribution < -0.4 is 0 Å². The van der Waals surface area contributed by atoms with E-state index >= 15 is 0 Å². The third-order valence-corrected chi connectivity index (χ3v) is 5.55. The Labute approximate surface area is 117 Å². The zero-order valence-electron chi connectivity index (χ0n) is 8.97. The minimum atomic E-state index is 0.278. The predicted octanol–water partition coefficient (Wildman–Crippen LogP) is 5.43. The molecule has 0 spiro atoms. The molecule has 1 saturated carbocycles. The van der Waals surface area contributed by atoms with E-state index in [4.69, 9.17) is 0 Å². The highest BCUT2D eigenvalue weighted by Crippen LogP contribution is 2.34. The molecule has 88 valence electrons. The monoisotopic (exact) mass is 364 g/mol. The van der Waals surface area contributed by atoms with E-state index in [1.165, 1.54) is 25.7 Å². The third-order valence-electron chi connectivity index (χ3n) is 3.21. The molecule has 0 amide bonds. The average molecular weight is 366 g/mol. The summed E-state index contributed by atoms with van der Waals surface area (Å²) in [6, 6.07) is 1.92. The summed E-state index contributed by atoms with van der Waals surface area (Å²) in [5.74, 6) is 1.07. The number of carbonyl (C=O) groups excluding carboxylic acids is 1. The number of hydrogen-bond donors (Lipinski definition) is 0. The van der Waals surface area contributed by atoms with Gasteiger partial charge in [0.1, 0.15) is 0 Å². The zero-order valence-corrected chi connectivity index (χ0v) is 13.0. The van der Waals surface area contributed by atoms with Crippen molar-refractivity contribution in [3.63, 3.8) is 0 Å². The molecule has 1 aliphatic carbocycles. The molecule has 2 rings (SSSR count). The number of halogens is 2. The summed E-state index contributed by atoms with van der Waals surface area (Å²) in [5.41, 5.74) is 0.842. The fraction of sp³-hybridized carbons (Fsp3) is 0.583. The Morgan fingerprint density at radius 1 is 1.38 bits per heavy atom. The van der Waals surface area contributed by atoms with Crippen LogP contribution in [0.5, 0.6) is 0 Å². The van der Waals surface area contributed by atoms with Gasteiger partial charge in [-0.25, -0.2) is 0 Å². The molecule has 0 atom stereocenters. The SMILES string of the molecule is O=C(CCC1CCCC1)c1cc(Br)sc1Br. The average Bonchev–Trinajstić information content (AvgIpc) is 2.84. The fourth-order valence-corrected chi connectivity index (χ4v) is 5.15. The summed E-state index contributed by atoms with van der Waals surface area (Å²) in [4.78, 5) is 12.0. The van der Waals surface area contributed by atoms with E-state index in [-0.39, 0.29) is 5.78 Å². The number of hydrogen-bond acceptors (Lipinski definition) is 2. The van der Waals surface area contributed by atoms with E-state index in [0.29, 0.717) is 6.42 Å². The molecule has 1 aromatic rings. The summed E-state index contributed by atoms with van der Waals surface area (Å²) in [6.45, 7) is 0. The molecule has 1 fully saturated rings. The van der Waals surface area contributed by atoms with Gasteiger partial charge in [-0.05, 0) is 50.3 Å². The highest BCUT2D eigenvalue weighted by Gasteiger charge is 2.18. The van der Waals surface area contributed by atoms with Crippen molar-refractivity contribution in [3.8, 4) is 0 Å². The highest BCUT2D eigenvalue weighted by molar-refractivity contribution is 9.12. The number of Topliss-reactive ketones (excluding diaryl/α,β-unsaturated/α-hetero) is 1. The van der Waals surface area contributed by atoms with Crippen LogP contribution in [0.15, 0.2) is 13.6 Å². The largest absolute Gasteiger partial charge is 0.294 e. The van der Waals surface area contributed by atoms with Crippen LogP contribution in [0.2, 0.25) is 0 Å². The van der Waals surface area contributed by atoms with E-state index in [0.717, 1.165) is 25.5 Å². The van der Waals surface area contributed by atoms with Crippen LogP contribution in [0, 0.1) is 5.92 Å². The highest BCUT2D eigenvalue weighted by atomic mass is 79.9. The van der Waals surface area contributed by atoms with Crippen molar-refractivity contribution < 1.29 is 4.79 Å². The van der Waals surface area contributed by atoms with Gasteiger partial charge in [-0.15, -0.1) is 11.3 Å². The lowest BCUT2D eigenvalue weighted by Gasteiger charge is -2.06. The zero-order chi connectivity index (χ0) is 11.5. The normalized spacial score (nSPS) is 16.9. The Kier molecular flexibility index (Phi) is 4.62. The van der Waals surface area contributed by atoms with Gasteiger partial charge in [-0.3, -0.25) is 4.79 Å². The first-order valence-electron chi connectivity index (χ1n) is 5.65. The van der Waals surface area contributed by atoms with Crippen LogP contribution in [0.4, 0.5) is 0 Å². The van der Waals surface area contributed by atoms with Crippen molar-refractivity contribution in [2.45, 2.75) is 38.5 Å². The smallest absolute Gasteiger partial charge is 0.164 e. The molecule has 0 N–H and O–H groups in total. The summed E-state index contributed by atoms with van der Waals surface area (Å²) < 4.78 is 1.97. The van der Waals surface area contributed by atoms with Crippen LogP contribution in [-0.2, 0) is 0 Å². The van der Waals surface area contributed by atoms with Crippen molar-refractivity contribution in [1.82, 2.24) is 0 Å². The Morgan fingerprint density at radius 3 is 2.62 bits per heavy atom. The van der Waals surface area contributed by atoms with Crippen LogP contribution >= 0.6 is 43.2 Å². The van der Waals surface area contributed by atoms with Gasteiger partial charge in [-0.1, -0.05) is 25.7 Å². The van der Waals surface area contributed by atoms with Gasteiger partial charge in [0.2, 0.25) is 0 Å². The van der Waals surface area contributed by atoms with Gasteiger partial charge in [0.05, 0.1) is 7.57 Å².